The van der Waals surface area contributed by atoms with E-state index in [0.29, 0.717) is 31.9 Å². The van der Waals surface area contributed by atoms with Gasteiger partial charge in [-0.3, -0.25) is 14.3 Å². The number of ether oxygens (including phenoxy) is 2. The smallest absolute Gasteiger partial charge is 0.274 e. The molecule has 2 aliphatic heterocycles. The Morgan fingerprint density at radius 3 is 2.47 bits per heavy atom. The monoisotopic (exact) mass is 495 g/mol. The summed E-state index contributed by atoms with van der Waals surface area (Å²) in [4.78, 5) is 32.7. The number of amides is 2. The van der Waals surface area contributed by atoms with Gasteiger partial charge in [0.1, 0.15) is 12.3 Å². The number of methoxy groups -OCH3 is 1. The number of carbonyl (C=O) groups excluding carboxylic acids is 2. The van der Waals surface area contributed by atoms with Crippen LogP contribution in [0.15, 0.2) is 18.2 Å². The third kappa shape index (κ3) is 4.81. The van der Waals surface area contributed by atoms with Crippen molar-refractivity contribution in [2.24, 2.45) is 0 Å². The van der Waals surface area contributed by atoms with Crippen LogP contribution in [0.25, 0.3) is 0 Å². The van der Waals surface area contributed by atoms with Gasteiger partial charge in [-0.1, -0.05) is 6.07 Å². The molecule has 0 unspecified atom stereocenters. The van der Waals surface area contributed by atoms with Gasteiger partial charge in [-0.2, -0.15) is 5.10 Å². The molecule has 2 amide bonds. The van der Waals surface area contributed by atoms with E-state index in [4.69, 9.17) is 14.6 Å². The van der Waals surface area contributed by atoms with Crippen molar-refractivity contribution in [1.29, 1.82) is 0 Å². The minimum Gasteiger partial charge on any atom is -0.496 e. The number of aryl methyl sites for hydroxylation is 1. The Morgan fingerprint density at radius 2 is 1.78 bits per heavy atom. The maximum atomic E-state index is 13.4. The lowest BCUT2D eigenvalue weighted by Crippen LogP contribution is -2.49. The number of carbonyl (C=O) groups is 2. The largest absolute Gasteiger partial charge is 0.496 e. The fourth-order valence-electron chi connectivity index (χ4n) is 5.75. The first kappa shape index (κ1) is 24.6. The maximum Gasteiger partial charge on any atom is 0.274 e. The molecule has 9 heteroatoms. The Balaban J connectivity index is 1.24. The zero-order valence-electron chi connectivity index (χ0n) is 21.8. The summed E-state index contributed by atoms with van der Waals surface area (Å²) in [5, 5.41) is 4.69. The number of hydrogen-bond acceptors (Lipinski definition) is 6. The van der Waals surface area contributed by atoms with Crippen LogP contribution >= 0.6 is 0 Å². The predicted octanol–water partition coefficient (Wildman–Crippen LogP) is 2.29. The van der Waals surface area contributed by atoms with E-state index in [0.717, 1.165) is 60.6 Å². The number of benzene rings is 1. The summed E-state index contributed by atoms with van der Waals surface area (Å²) in [6.45, 7) is 10.2. The highest BCUT2D eigenvalue weighted by atomic mass is 16.5. The van der Waals surface area contributed by atoms with Crippen molar-refractivity contribution in [1.82, 2.24) is 19.6 Å². The van der Waals surface area contributed by atoms with Crippen LogP contribution in [0.5, 0.6) is 5.75 Å². The fourth-order valence-corrected chi connectivity index (χ4v) is 5.75. The van der Waals surface area contributed by atoms with Crippen molar-refractivity contribution in [3.8, 4) is 5.75 Å². The van der Waals surface area contributed by atoms with Crippen LogP contribution in [-0.2, 0) is 28.9 Å². The van der Waals surface area contributed by atoms with Gasteiger partial charge in [0.2, 0.25) is 5.91 Å². The zero-order chi connectivity index (χ0) is 25.4. The summed E-state index contributed by atoms with van der Waals surface area (Å²) in [6, 6.07) is 6.24. The molecule has 0 bridgehead atoms. The lowest BCUT2D eigenvalue weighted by atomic mass is 10.1. The summed E-state index contributed by atoms with van der Waals surface area (Å²) < 4.78 is 13.1. The van der Waals surface area contributed by atoms with E-state index in [-0.39, 0.29) is 30.6 Å². The van der Waals surface area contributed by atoms with Crippen molar-refractivity contribution < 1.29 is 19.1 Å². The number of hydrogen-bond donors (Lipinski definition) is 0. The summed E-state index contributed by atoms with van der Waals surface area (Å²) in [5.74, 6) is 0.898. The summed E-state index contributed by atoms with van der Waals surface area (Å²) >= 11 is 0. The Morgan fingerprint density at radius 1 is 1.06 bits per heavy atom. The molecule has 0 saturated carbocycles. The first-order valence-electron chi connectivity index (χ1n) is 13.0. The van der Waals surface area contributed by atoms with Gasteiger partial charge in [0.15, 0.2) is 5.69 Å². The van der Waals surface area contributed by atoms with Crippen LogP contribution in [0.3, 0.4) is 0 Å². The zero-order valence-corrected chi connectivity index (χ0v) is 21.8. The third-order valence-electron chi connectivity index (χ3n) is 7.59. The van der Waals surface area contributed by atoms with Gasteiger partial charge in [0.25, 0.3) is 5.91 Å². The molecule has 194 valence electrons. The second-order valence-electron chi connectivity index (χ2n) is 10.3. The topological polar surface area (TPSA) is 80.1 Å². The molecule has 1 aliphatic carbocycles. The first-order valence-corrected chi connectivity index (χ1v) is 13.0. The highest BCUT2D eigenvalue weighted by molar-refractivity contribution is 5.94. The molecule has 0 radical (unpaired) electrons. The second kappa shape index (κ2) is 10.1. The molecule has 2 atom stereocenters. The number of nitrogens with zero attached hydrogens (tertiary/aromatic N) is 5. The molecule has 3 aliphatic rings. The van der Waals surface area contributed by atoms with E-state index < -0.39 is 0 Å². The van der Waals surface area contributed by atoms with Crippen molar-refractivity contribution >= 4 is 17.5 Å². The minimum absolute atomic E-state index is 0.00840. The summed E-state index contributed by atoms with van der Waals surface area (Å²) in [6.07, 6.45) is 2.72. The molecule has 36 heavy (non-hydrogen) atoms. The van der Waals surface area contributed by atoms with Crippen LogP contribution in [0, 0.1) is 6.92 Å². The van der Waals surface area contributed by atoms with Gasteiger partial charge in [0, 0.05) is 62.3 Å². The minimum atomic E-state index is -0.0384. The Labute approximate surface area is 212 Å². The second-order valence-corrected chi connectivity index (χ2v) is 10.3. The van der Waals surface area contributed by atoms with Gasteiger partial charge in [-0.15, -0.1) is 0 Å². The number of piperazine rings is 1. The van der Waals surface area contributed by atoms with Crippen molar-refractivity contribution in [3.05, 3.63) is 40.7 Å². The van der Waals surface area contributed by atoms with Gasteiger partial charge in [0.05, 0.1) is 19.3 Å². The third-order valence-corrected chi connectivity index (χ3v) is 7.59. The molecule has 5 rings (SSSR count). The van der Waals surface area contributed by atoms with Crippen molar-refractivity contribution in [2.75, 3.05) is 51.3 Å². The fraction of sp³-hybridized carbons (Fsp3) is 0.593. The molecule has 2 saturated heterocycles. The van der Waals surface area contributed by atoms with Gasteiger partial charge in [-0.05, 0) is 51.7 Å². The van der Waals surface area contributed by atoms with Crippen LogP contribution < -0.4 is 9.64 Å². The average molecular weight is 496 g/mol. The molecule has 1 aromatic carbocycles. The average Bonchev–Trinajstić information content (AvgIpc) is 3.47. The van der Waals surface area contributed by atoms with Crippen molar-refractivity contribution in [2.45, 2.75) is 58.8 Å². The molecular formula is C27H37N5O4. The van der Waals surface area contributed by atoms with Crippen LogP contribution in [0.2, 0.25) is 0 Å². The molecule has 0 spiro atoms. The lowest BCUT2D eigenvalue weighted by molar-refractivity contribution is -0.132. The highest BCUT2D eigenvalue weighted by Gasteiger charge is 2.33. The standard InChI is InChI=1S/C27H37N5O4/c1-18-8-9-21(14-24(18)35-4)29-10-12-30(13-11-29)25(33)17-32-23-7-5-6-22(23)26(28-32)27(34)31-15-19(2)36-20(3)16-31/h8-9,14,19-20H,5-7,10-13,15-17H2,1-4H3/t19-,20+. The molecule has 0 N–H and O–H groups in total. The predicted molar refractivity (Wildman–Crippen MR) is 137 cm³/mol. The summed E-state index contributed by atoms with van der Waals surface area (Å²) in [7, 11) is 1.69. The van der Waals surface area contributed by atoms with E-state index in [1.54, 1.807) is 11.8 Å². The highest BCUT2D eigenvalue weighted by Crippen LogP contribution is 2.28. The number of morpholine rings is 1. The van der Waals surface area contributed by atoms with Crippen LogP contribution in [-0.4, -0.2) is 90.0 Å². The molecular weight excluding hydrogens is 458 g/mol. The molecule has 2 fully saturated rings. The van der Waals surface area contributed by atoms with E-state index >= 15 is 0 Å². The Bertz CT molecular complexity index is 1130. The molecule has 1 aromatic heterocycles. The lowest BCUT2D eigenvalue weighted by Gasteiger charge is -2.36. The van der Waals surface area contributed by atoms with E-state index in [2.05, 4.69) is 23.1 Å². The molecule has 9 nitrogen and oxygen atoms in total. The van der Waals surface area contributed by atoms with Gasteiger partial charge >= 0.3 is 0 Å². The number of fused-ring (bicyclic) bond motifs is 1. The van der Waals surface area contributed by atoms with E-state index in [1.165, 1.54) is 0 Å². The van der Waals surface area contributed by atoms with E-state index in [9.17, 15) is 9.59 Å². The number of anilines is 1. The van der Waals surface area contributed by atoms with Crippen molar-refractivity contribution in [3.63, 3.8) is 0 Å². The first-order chi connectivity index (χ1) is 17.3. The summed E-state index contributed by atoms with van der Waals surface area (Å²) in [5.41, 5.74) is 4.82. The quantitative estimate of drug-likeness (QED) is 0.633. The van der Waals surface area contributed by atoms with E-state index in [1.807, 2.05) is 30.6 Å². The SMILES string of the molecule is COc1cc(N2CCN(C(=O)Cn3nc(C(=O)N4C[C@@H](C)O[C@@H](C)C4)c4c3CCC4)CC2)ccc1C. The number of rotatable bonds is 5. The Kier molecular flexibility index (Phi) is 6.92. The Hall–Kier alpha value is -3.07. The molecule has 2 aromatic rings. The number of aromatic nitrogens is 2. The molecule has 3 heterocycles. The van der Waals surface area contributed by atoms with Crippen LogP contribution in [0.4, 0.5) is 5.69 Å². The van der Waals surface area contributed by atoms with Crippen LogP contribution in [0.1, 0.15) is 47.6 Å². The normalized spacial score (nSPS) is 22.1. The maximum absolute atomic E-state index is 13.4. The van der Waals surface area contributed by atoms with Gasteiger partial charge < -0.3 is 24.2 Å². The van der Waals surface area contributed by atoms with Gasteiger partial charge in [-0.25, -0.2) is 0 Å².